The first kappa shape index (κ1) is 26.2. The zero-order valence-electron chi connectivity index (χ0n) is 31.1. The van der Waals surface area contributed by atoms with Crippen LogP contribution in [-0.2, 0) is 20.1 Å². The van der Waals surface area contributed by atoms with Gasteiger partial charge in [0.05, 0.1) is 0 Å². The summed E-state index contributed by atoms with van der Waals surface area (Å²) in [6.45, 7) is -2.29. The molecule has 0 radical (unpaired) electrons. The molecule has 0 aliphatic heterocycles. The maximum atomic E-state index is 7.36. The zero-order valence-corrected chi connectivity index (χ0v) is 27.5. The Bertz CT molecular complexity index is 2110. The first-order valence-electron chi connectivity index (χ1n) is 17.4. The van der Waals surface area contributed by atoms with Crippen LogP contribution in [0.1, 0.15) is 25.2 Å². The molecule has 3 heterocycles. The van der Waals surface area contributed by atoms with Crippen LogP contribution in [0.5, 0.6) is 0 Å². The Hall–Kier alpha value is -5.02. The Morgan fingerprint density at radius 3 is 1.65 bits per heavy atom. The molecule has 0 bridgehead atoms. The van der Waals surface area contributed by atoms with E-state index in [-0.39, 0.29) is 31.4 Å². The molecule has 0 fully saturated rings. The minimum absolute atomic E-state index is 0. The molecule has 4 heteroatoms. The SMILES string of the molecule is Cc1cccc(-c2[c-]cccc2)n1.[2H]C([2H])([2H])c1ccc(-c2[c-]cc(-c3ccccc3)cc2)nc1.[2H]C([2H])([2H])c1cccc(-c2[c-]cccc2)n1.[Ir+3]. The molecular weight excluding hydrogens is 739 g/mol. The average molecular weight is 779 g/mol. The van der Waals surface area contributed by atoms with Crippen molar-refractivity contribution in [2.75, 3.05) is 0 Å². The first-order valence-corrected chi connectivity index (χ1v) is 14.4. The molecule has 3 nitrogen and oxygen atoms in total. The molecule has 0 atom stereocenters. The molecule has 3 aromatic heterocycles. The number of nitrogens with zero attached hydrogens (tertiary/aromatic N) is 3. The maximum absolute atomic E-state index is 7.36. The molecule has 0 amide bonds. The number of rotatable bonds is 4. The summed E-state index contributed by atoms with van der Waals surface area (Å²) in [5.74, 6) is 0. The van der Waals surface area contributed by atoms with Crippen molar-refractivity contribution in [3.05, 3.63) is 187 Å². The molecule has 0 spiro atoms. The quantitative estimate of drug-likeness (QED) is 0.167. The van der Waals surface area contributed by atoms with Crippen molar-refractivity contribution in [2.24, 2.45) is 0 Å². The molecule has 226 valence electrons. The van der Waals surface area contributed by atoms with E-state index in [4.69, 9.17) is 8.22 Å². The van der Waals surface area contributed by atoms with E-state index >= 15 is 0 Å². The summed E-state index contributed by atoms with van der Waals surface area (Å²) in [6.07, 6.45) is 1.40. The monoisotopic (exact) mass is 779 g/mol. The number of hydrogen-bond acceptors (Lipinski definition) is 3. The molecule has 0 saturated heterocycles. The maximum Gasteiger partial charge on any atom is 3.00 e. The van der Waals surface area contributed by atoms with E-state index in [0.717, 1.165) is 39.2 Å². The van der Waals surface area contributed by atoms with Gasteiger partial charge < -0.3 is 15.0 Å². The van der Waals surface area contributed by atoms with Crippen molar-refractivity contribution >= 4 is 0 Å². The van der Waals surface area contributed by atoms with Gasteiger partial charge in [-0.1, -0.05) is 77.9 Å². The second-order valence-corrected chi connectivity index (χ2v) is 9.91. The average Bonchev–Trinajstić information content (AvgIpc) is 3.16. The fourth-order valence-electron chi connectivity index (χ4n) is 4.33. The number of aryl methyl sites for hydroxylation is 3. The summed E-state index contributed by atoms with van der Waals surface area (Å²) in [7, 11) is 0. The van der Waals surface area contributed by atoms with Gasteiger partial charge in [-0.25, -0.2) is 0 Å². The van der Waals surface area contributed by atoms with Crippen molar-refractivity contribution in [3.8, 4) is 44.9 Å². The summed E-state index contributed by atoms with van der Waals surface area (Å²) in [5, 5.41) is 0. The predicted octanol–water partition coefficient (Wildman–Crippen LogP) is 10.2. The van der Waals surface area contributed by atoms with E-state index in [9.17, 15) is 0 Å². The Kier molecular flexibility index (Phi) is 9.95. The fourth-order valence-corrected chi connectivity index (χ4v) is 4.33. The zero-order chi connectivity index (χ0) is 36.3. The summed E-state index contributed by atoms with van der Waals surface area (Å²) < 4.78 is 43.9. The summed E-state index contributed by atoms with van der Waals surface area (Å²) >= 11 is 0. The van der Waals surface area contributed by atoms with Crippen molar-refractivity contribution in [1.82, 2.24) is 15.0 Å². The van der Waals surface area contributed by atoms with Gasteiger partial charge in [0.2, 0.25) is 0 Å². The Labute approximate surface area is 294 Å². The van der Waals surface area contributed by atoms with Crippen LogP contribution in [0, 0.1) is 38.8 Å². The van der Waals surface area contributed by atoms with E-state index < -0.39 is 13.7 Å². The number of benzene rings is 4. The molecule has 7 rings (SSSR count). The van der Waals surface area contributed by atoms with E-state index in [1.54, 1.807) is 30.3 Å². The van der Waals surface area contributed by atoms with Gasteiger partial charge in [-0.3, -0.25) is 0 Å². The van der Waals surface area contributed by atoms with Gasteiger partial charge in [0.25, 0.3) is 0 Å². The van der Waals surface area contributed by atoms with Crippen molar-refractivity contribution in [1.29, 1.82) is 0 Å². The topological polar surface area (TPSA) is 38.7 Å². The third kappa shape index (κ3) is 10.0. The van der Waals surface area contributed by atoms with Gasteiger partial charge in [0, 0.05) is 25.8 Å². The number of pyridine rings is 3. The van der Waals surface area contributed by atoms with Gasteiger partial charge >= 0.3 is 20.1 Å². The standard InChI is InChI=1S/C18H14N.2C12H10N.Ir/c1-14-7-12-18(19-13-14)17-10-8-16(9-11-17)15-5-3-2-4-6-15;2*1-10-6-5-9-12(13-10)11-7-3-2-4-8-11;/h2-10,12-13H,1H3;2*2-7,9H,1H3;/q3*-1;+3/i2*1D3;;. The van der Waals surface area contributed by atoms with Gasteiger partial charge in [0.1, 0.15) is 0 Å². The molecule has 7 aromatic rings. The summed E-state index contributed by atoms with van der Waals surface area (Å²) in [6, 6.07) is 54.9. The Morgan fingerprint density at radius 2 is 1.13 bits per heavy atom. The van der Waals surface area contributed by atoms with Crippen molar-refractivity contribution in [3.63, 3.8) is 0 Å². The minimum Gasteiger partial charge on any atom is -0.304 e. The van der Waals surface area contributed by atoms with E-state index in [1.807, 2.05) is 116 Å². The van der Waals surface area contributed by atoms with Gasteiger partial charge in [0.15, 0.2) is 0 Å². The van der Waals surface area contributed by atoms with Crippen molar-refractivity contribution in [2.45, 2.75) is 20.6 Å². The molecule has 4 aromatic carbocycles. The van der Waals surface area contributed by atoms with Crippen LogP contribution in [0.4, 0.5) is 0 Å². The normalized spacial score (nSPS) is 12.4. The predicted molar refractivity (Wildman–Crippen MR) is 185 cm³/mol. The van der Waals surface area contributed by atoms with E-state index in [1.165, 1.54) is 12.3 Å². The van der Waals surface area contributed by atoms with Crippen LogP contribution in [0.3, 0.4) is 0 Å². The van der Waals surface area contributed by atoms with Crippen LogP contribution in [-0.4, -0.2) is 15.0 Å². The summed E-state index contributed by atoms with van der Waals surface area (Å²) in [5.41, 5.74) is 8.65. The Balaban J connectivity index is 0.000000179. The van der Waals surface area contributed by atoms with Crippen LogP contribution < -0.4 is 0 Å². The van der Waals surface area contributed by atoms with Crippen LogP contribution >= 0.6 is 0 Å². The first-order chi connectivity index (χ1) is 24.5. The van der Waals surface area contributed by atoms with Crippen LogP contribution in [0.25, 0.3) is 44.9 Å². The van der Waals surface area contributed by atoms with E-state index in [2.05, 4.69) is 33.2 Å². The molecule has 0 aliphatic carbocycles. The van der Waals surface area contributed by atoms with Gasteiger partial charge in [-0.15, -0.1) is 102 Å². The molecular formula is C42H34IrN3. The molecule has 46 heavy (non-hydrogen) atoms. The third-order valence-electron chi connectivity index (χ3n) is 6.57. The minimum atomic E-state index is -2.16. The fraction of sp³-hybridized carbons (Fsp3) is 0.0714. The number of hydrogen-bond donors (Lipinski definition) is 0. The summed E-state index contributed by atoms with van der Waals surface area (Å²) in [4.78, 5) is 12.8. The second-order valence-electron chi connectivity index (χ2n) is 9.91. The van der Waals surface area contributed by atoms with Crippen LogP contribution in [0.2, 0.25) is 0 Å². The Morgan fingerprint density at radius 1 is 0.500 bits per heavy atom. The molecule has 0 N–H and O–H groups in total. The molecule has 0 saturated carbocycles. The van der Waals surface area contributed by atoms with E-state index in [0.29, 0.717) is 11.4 Å². The van der Waals surface area contributed by atoms with Crippen molar-refractivity contribution < 1.29 is 28.3 Å². The molecule has 0 unspecified atom stereocenters. The smallest absolute Gasteiger partial charge is 0.304 e. The second kappa shape index (κ2) is 17.5. The van der Waals surface area contributed by atoms with Gasteiger partial charge in [-0.05, 0) is 55.4 Å². The van der Waals surface area contributed by atoms with Gasteiger partial charge in [-0.2, -0.15) is 0 Å². The van der Waals surface area contributed by atoms with Crippen LogP contribution in [0.15, 0.2) is 152 Å². The number of aromatic nitrogens is 3. The molecule has 0 aliphatic rings. The third-order valence-corrected chi connectivity index (χ3v) is 6.57. The largest absolute Gasteiger partial charge is 3.00 e.